The van der Waals surface area contributed by atoms with E-state index in [1.54, 1.807) is 12.0 Å². The van der Waals surface area contributed by atoms with E-state index in [1.807, 2.05) is 29.2 Å². The molecule has 1 atom stereocenters. The van der Waals surface area contributed by atoms with E-state index in [2.05, 4.69) is 5.32 Å². The number of carbonyl (C=O) groups excluding carboxylic acids is 2. The second-order valence-corrected chi connectivity index (χ2v) is 7.66. The van der Waals surface area contributed by atoms with Crippen LogP contribution in [0.2, 0.25) is 0 Å². The number of rotatable bonds is 8. The molecule has 0 bridgehead atoms. The van der Waals surface area contributed by atoms with Crippen molar-refractivity contribution >= 4 is 11.9 Å². The summed E-state index contributed by atoms with van der Waals surface area (Å²) in [5.74, 6) is 1.19. The average molecular weight is 389 g/mol. The monoisotopic (exact) mass is 389 g/mol. The van der Waals surface area contributed by atoms with Gasteiger partial charge < -0.3 is 25.0 Å². The fraction of sp³-hybridized carbons (Fsp3) is 0.619. The number of hydrogen-bond donors (Lipinski definition) is 2. The number of aliphatic hydroxyl groups is 1. The number of nitrogens with one attached hydrogen (secondary N) is 1. The Morgan fingerprint density at radius 3 is 2.79 bits per heavy atom. The Balaban J connectivity index is 1.61. The lowest BCUT2D eigenvalue weighted by atomic mass is 10.1. The summed E-state index contributed by atoms with van der Waals surface area (Å²) >= 11 is 0. The van der Waals surface area contributed by atoms with Crippen molar-refractivity contribution in [2.45, 2.75) is 44.7 Å². The van der Waals surface area contributed by atoms with Crippen LogP contribution in [0.15, 0.2) is 24.3 Å². The third-order valence-electron chi connectivity index (χ3n) is 5.41. The Morgan fingerprint density at radius 2 is 2.07 bits per heavy atom. The fourth-order valence-electron chi connectivity index (χ4n) is 3.70. The molecule has 2 fully saturated rings. The third-order valence-corrected chi connectivity index (χ3v) is 5.41. The van der Waals surface area contributed by atoms with E-state index in [9.17, 15) is 14.7 Å². The Hall–Kier alpha value is -2.28. The number of likely N-dealkylation sites (tertiary alicyclic amines) is 1. The Kier molecular flexibility index (Phi) is 7.14. The number of hydrogen-bond acceptors (Lipinski definition) is 4. The van der Waals surface area contributed by atoms with Crippen molar-refractivity contribution < 1.29 is 19.4 Å². The first kappa shape index (κ1) is 20.5. The largest absolute Gasteiger partial charge is 0.496 e. The first-order valence-corrected chi connectivity index (χ1v) is 10.2. The van der Waals surface area contributed by atoms with Crippen molar-refractivity contribution in [2.24, 2.45) is 5.92 Å². The summed E-state index contributed by atoms with van der Waals surface area (Å²) in [5.41, 5.74) is 0.923. The number of ether oxygens (including phenoxy) is 1. The van der Waals surface area contributed by atoms with Gasteiger partial charge in [-0.3, -0.25) is 4.79 Å². The highest BCUT2D eigenvalue weighted by atomic mass is 16.5. The predicted molar refractivity (Wildman–Crippen MR) is 106 cm³/mol. The highest BCUT2D eigenvalue weighted by Crippen LogP contribution is 2.32. The summed E-state index contributed by atoms with van der Waals surface area (Å²) in [6, 6.07) is 7.44. The lowest BCUT2D eigenvalue weighted by molar-refractivity contribution is -0.133. The molecule has 1 saturated heterocycles. The van der Waals surface area contributed by atoms with E-state index in [0.717, 1.165) is 43.5 Å². The lowest BCUT2D eigenvalue weighted by Gasteiger charge is -2.35. The minimum Gasteiger partial charge on any atom is -0.496 e. The molecule has 1 aromatic carbocycles. The van der Waals surface area contributed by atoms with Crippen LogP contribution < -0.4 is 10.1 Å². The normalized spacial score (nSPS) is 19.2. The molecule has 28 heavy (non-hydrogen) atoms. The van der Waals surface area contributed by atoms with E-state index in [1.165, 1.54) is 0 Å². The maximum absolute atomic E-state index is 12.9. The van der Waals surface area contributed by atoms with Crippen molar-refractivity contribution in [2.75, 3.05) is 33.4 Å². The van der Waals surface area contributed by atoms with E-state index < -0.39 is 0 Å². The molecule has 154 valence electrons. The number of benzene rings is 1. The van der Waals surface area contributed by atoms with E-state index in [4.69, 9.17) is 4.74 Å². The SMILES string of the molecule is COc1ccccc1CN(CCCO)C(=O)NC1CCCN(C(=O)C2CC2)C1. The molecule has 1 aliphatic carbocycles. The summed E-state index contributed by atoms with van der Waals surface area (Å²) in [5, 5.41) is 12.3. The maximum Gasteiger partial charge on any atom is 0.317 e. The zero-order chi connectivity index (χ0) is 19.9. The van der Waals surface area contributed by atoms with Crippen molar-refractivity contribution in [3.05, 3.63) is 29.8 Å². The van der Waals surface area contributed by atoms with Gasteiger partial charge in [-0.25, -0.2) is 4.79 Å². The van der Waals surface area contributed by atoms with Gasteiger partial charge in [-0.15, -0.1) is 0 Å². The van der Waals surface area contributed by atoms with E-state index >= 15 is 0 Å². The predicted octanol–water partition coefficient (Wildman–Crippen LogP) is 1.99. The molecule has 3 rings (SSSR count). The molecule has 1 heterocycles. The molecule has 0 radical (unpaired) electrons. The van der Waals surface area contributed by atoms with Gasteiger partial charge in [0, 0.05) is 43.8 Å². The topological polar surface area (TPSA) is 82.1 Å². The van der Waals surface area contributed by atoms with Crippen LogP contribution in [-0.2, 0) is 11.3 Å². The van der Waals surface area contributed by atoms with Gasteiger partial charge in [0.25, 0.3) is 0 Å². The zero-order valence-corrected chi connectivity index (χ0v) is 16.6. The molecule has 0 aromatic heterocycles. The molecule has 1 saturated carbocycles. The van der Waals surface area contributed by atoms with Crippen molar-refractivity contribution in [3.8, 4) is 5.75 Å². The van der Waals surface area contributed by atoms with Gasteiger partial charge in [0.15, 0.2) is 0 Å². The van der Waals surface area contributed by atoms with E-state index in [-0.39, 0.29) is 30.5 Å². The van der Waals surface area contributed by atoms with Crippen molar-refractivity contribution in [1.29, 1.82) is 0 Å². The maximum atomic E-state index is 12.9. The second-order valence-electron chi connectivity index (χ2n) is 7.66. The first-order valence-electron chi connectivity index (χ1n) is 10.2. The fourth-order valence-corrected chi connectivity index (χ4v) is 3.70. The van der Waals surface area contributed by atoms with E-state index in [0.29, 0.717) is 26.1 Å². The van der Waals surface area contributed by atoms with Crippen LogP contribution in [0.3, 0.4) is 0 Å². The van der Waals surface area contributed by atoms with Crippen LogP contribution in [0.5, 0.6) is 5.75 Å². The standard InChI is InChI=1S/C21H31N3O4/c1-28-19-8-3-2-6-17(19)14-24(12-5-13-25)21(27)22-18-7-4-11-23(15-18)20(26)16-9-10-16/h2-3,6,8,16,18,25H,4-5,7,9-15H2,1H3,(H,22,27). The van der Waals surface area contributed by atoms with Gasteiger partial charge >= 0.3 is 6.03 Å². The molecule has 7 heteroatoms. The number of urea groups is 1. The van der Waals surface area contributed by atoms with Gasteiger partial charge in [0.1, 0.15) is 5.75 Å². The van der Waals surface area contributed by atoms with Gasteiger partial charge in [-0.1, -0.05) is 18.2 Å². The number of methoxy groups -OCH3 is 1. The Morgan fingerprint density at radius 1 is 1.29 bits per heavy atom. The number of para-hydroxylation sites is 1. The number of amides is 3. The molecule has 2 aliphatic rings. The van der Waals surface area contributed by atoms with Gasteiger partial charge in [0.2, 0.25) is 5.91 Å². The summed E-state index contributed by atoms with van der Waals surface area (Å²) in [6.45, 7) is 2.27. The van der Waals surface area contributed by atoms with Crippen LogP contribution in [0.1, 0.15) is 37.7 Å². The molecule has 3 amide bonds. The van der Waals surface area contributed by atoms with Gasteiger partial charge in [-0.2, -0.15) is 0 Å². The average Bonchev–Trinajstić information content (AvgIpc) is 3.56. The quantitative estimate of drug-likeness (QED) is 0.712. The minimum absolute atomic E-state index is 0.0294. The molecule has 7 nitrogen and oxygen atoms in total. The molecule has 1 aliphatic heterocycles. The van der Waals surface area contributed by atoms with Crippen LogP contribution in [0, 0.1) is 5.92 Å². The van der Waals surface area contributed by atoms with Crippen LogP contribution in [-0.4, -0.2) is 66.2 Å². The number of piperidine rings is 1. The summed E-state index contributed by atoms with van der Waals surface area (Å²) in [7, 11) is 1.62. The highest BCUT2D eigenvalue weighted by Gasteiger charge is 2.35. The van der Waals surface area contributed by atoms with Gasteiger partial charge in [-0.05, 0) is 38.2 Å². The summed E-state index contributed by atoms with van der Waals surface area (Å²) in [4.78, 5) is 28.9. The summed E-state index contributed by atoms with van der Waals surface area (Å²) < 4.78 is 5.40. The van der Waals surface area contributed by atoms with Crippen LogP contribution >= 0.6 is 0 Å². The van der Waals surface area contributed by atoms with Gasteiger partial charge in [0.05, 0.1) is 13.7 Å². The van der Waals surface area contributed by atoms with Crippen molar-refractivity contribution in [1.82, 2.24) is 15.1 Å². The molecular formula is C21H31N3O4. The number of nitrogens with zero attached hydrogens (tertiary/aromatic N) is 2. The Labute approximate surface area is 166 Å². The molecule has 1 aromatic rings. The molecule has 1 unspecified atom stereocenters. The highest BCUT2D eigenvalue weighted by molar-refractivity contribution is 5.81. The first-order chi connectivity index (χ1) is 13.6. The third kappa shape index (κ3) is 5.38. The summed E-state index contributed by atoms with van der Waals surface area (Å²) in [6.07, 6.45) is 4.30. The smallest absolute Gasteiger partial charge is 0.317 e. The number of aliphatic hydroxyl groups excluding tert-OH is 1. The second kappa shape index (κ2) is 9.78. The van der Waals surface area contributed by atoms with Crippen LogP contribution in [0.4, 0.5) is 4.79 Å². The minimum atomic E-state index is -0.162. The number of carbonyl (C=O) groups is 2. The zero-order valence-electron chi connectivity index (χ0n) is 16.6. The van der Waals surface area contributed by atoms with Crippen molar-refractivity contribution in [3.63, 3.8) is 0 Å². The molecule has 0 spiro atoms. The lowest BCUT2D eigenvalue weighted by Crippen LogP contribution is -2.53. The molecule has 2 N–H and O–H groups in total. The Bertz CT molecular complexity index is 677. The van der Waals surface area contributed by atoms with Crippen LogP contribution in [0.25, 0.3) is 0 Å². The molecular weight excluding hydrogens is 358 g/mol.